The summed E-state index contributed by atoms with van der Waals surface area (Å²) in [6, 6.07) is 10.5. The molecule has 0 radical (unpaired) electrons. The number of allylic oxidation sites excluding steroid dienone is 1. The standard InChI is InChI=1S/C12H14NS/c1-13-9-7-12(8-10-13)14-11-5-3-2-4-6-11/h2-7,9H,8,10H2,1H3/q+1. The van der Waals surface area contributed by atoms with Gasteiger partial charge < -0.3 is 0 Å². The Hall–Kier alpha value is -1.02. The first kappa shape index (κ1) is 9.53. The molecule has 0 aromatic heterocycles. The van der Waals surface area contributed by atoms with Crippen molar-refractivity contribution in [2.75, 3.05) is 13.6 Å². The minimum atomic E-state index is 1.13. The molecule has 1 aliphatic heterocycles. The SMILES string of the molecule is C[N+]1=CC=C(Sc2ccccc2)CC1. The molecular weight excluding hydrogens is 190 g/mol. The molecule has 1 aromatic rings. The maximum Gasteiger partial charge on any atom is 0.163 e. The highest BCUT2D eigenvalue weighted by Crippen LogP contribution is 2.28. The molecule has 72 valence electrons. The molecule has 2 heteroatoms. The van der Waals surface area contributed by atoms with E-state index in [0.29, 0.717) is 0 Å². The summed E-state index contributed by atoms with van der Waals surface area (Å²) in [7, 11) is 2.11. The van der Waals surface area contributed by atoms with Gasteiger partial charge in [0, 0.05) is 22.3 Å². The van der Waals surface area contributed by atoms with Crippen LogP contribution < -0.4 is 0 Å². The van der Waals surface area contributed by atoms with Crippen LogP contribution in [-0.4, -0.2) is 24.4 Å². The molecular formula is C12H14NS+. The van der Waals surface area contributed by atoms with Crippen molar-refractivity contribution >= 4 is 18.0 Å². The fourth-order valence-electron chi connectivity index (χ4n) is 1.38. The molecule has 0 atom stereocenters. The quantitative estimate of drug-likeness (QED) is 0.669. The average Bonchev–Trinajstić information content (AvgIpc) is 2.23. The minimum Gasteiger partial charge on any atom is -0.238 e. The normalized spacial score (nSPS) is 16.1. The highest BCUT2D eigenvalue weighted by atomic mass is 32.2. The minimum absolute atomic E-state index is 1.13. The zero-order valence-corrected chi connectivity index (χ0v) is 9.13. The largest absolute Gasteiger partial charge is 0.238 e. The number of hydrogen-bond donors (Lipinski definition) is 0. The van der Waals surface area contributed by atoms with Crippen LogP contribution >= 0.6 is 11.8 Å². The smallest absolute Gasteiger partial charge is 0.163 e. The number of hydrogen-bond acceptors (Lipinski definition) is 1. The lowest BCUT2D eigenvalue weighted by Crippen LogP contribution is -2.12. The predicted molar refractivity (Wildman–Crippen MR) is 62.1 cm³/mol. The van der Waals surface area contributed by atoms with E-state index in [1.54, 1.807) is 0 Å². The number of nitrogens with zero attached hydrogens (tertiary/aromatic N) is 1. The topological polar surface area (TPSA) is 3.01 Å². The lowest BCUT2D eigenvalue weighted by Gasteiger charge is -2.07. The molecule has 1 nitrogen and oxygen atoms in total. The van der Waals surface area contributed by atoms with E-state index in [1.165, 1.54) is 9.80 Å². The lowest BCUT2D eigenvalue weighted by molar-refractivity contribution is -0.492. The van der Waals surface area contributed by atoms with Gasteiger partial charge in [0.05, 0.1) is 0 Å². The lowest BCUT2D eigenvalue weighted by atomic mass is 10.3. The van der Waals surface area contributed by atoms with E-state index >= 15 is 0 Å². The Morgan fingerprint density at radius 2 is 2.00 bits per heavy atom. The van der Waals surface area contributed by atoms with E-state index in [0.717, 1.165) is 13.0 Å². The second-order valence-electron chi connectivity index (χ2n) is 3.43. The van der Waals surface area contributed by atoms with Crippen molar-refractivity contribution in [3.8, 4) is 0 Å². The van der Waals surface area contributed by atoms with Crippen molar-refractivity contribution in [2.24, 2.45) is 0 Å². The van der Waals surface area contributed by atoms with Gasteiger partial charge in [-0.3, -0.25) is 0 Å². The van der Waals surface area contributed by atoms with Crippen LogP contribution in [0.2, 0.25) is 0 Å². The van der Waals surface area contributed by atoms with E-state index in [2.05, 4.69) is 54.2 Å². The van der Waals surface area contributed by atoms with Crippen LogP contribution in [0.25, 0.3) is 0 Å². The summed E-state index contributed by atoms with van der Waals surface area (Å²) in [6.45, 7) is 1.13. The molecule has 0 bridgehead atoms. The van der Waals surface area contributed by atoms with E-state index in [4.69, 9.17) is 0 Å². The van der Waals surface area contributed by atoms with Gasteiger partial charge in [-0.1, -0.05) is 30.0 Å². The van der Waals surface area contributed by atoms with Crippen LogP contribution in [0.4, 0.5) is 0 Å². The molecule has 1 aromatic carbocycles. The number of benzene rings is 1. The van der Waals surface area contributed by atoms with E-state index in [-0.39, 0.29) is 0 Å². The van der Waals surface area contributed by atoms with Crippen molar-refractivity contribution in [1.29, 1.82) is 0 Å². The summed E-state index contributed by atoms with van der Waals surface area (Å²) >= 11 is 1.87. The van der Waals surface area contributed by atoms with Gasteiger partial charge >= 0.3 is 0 Å². The van der Waals surface area contributed by atoms with Gasteiger partial charge in [-0.15, -0.1) is 0 Å². The van der Waals surface area contributed by atoms with Crippen LogP contribution in [0.15, 0.2) is 46.2 Å². The Balaban J connectivity index is 2.06. The summed E-state index contributed by atoms with van der Waals surface area (Å²) in [5.74, 6) is 0. The van der Waals surface area contributed by atoms with Crippen LogP contribution in [0.5, 0.6) is 0 Å². The molecule has 0 fully saturated rings. The maximum atomic E-state index is 2.22. The van der Waals surface area contributed by atoms with Crippen molar-refractivity contribution in [1.82, 2.24) is 0 Å². The molecule has 2 rings (SSSR count). The zero-order chi connectivity index (χ0) is 9.80. The van der Waals surface area contributed by atoms with Crippen molar-refractivity contribution in [3.63, 3.8) is 0 Å². The van der Waals surface area contributed by atoms with Crippen LogP contribution in [0.3, 0.4) is 0 Å². The van der Waals surface area contributed by atoms with Gasteiger partial charge in [-0.2, -0.15) is 0 Å². The Bertz CT molecular complexity index is 365. The summed E-state index contributed by atoms with van der Waals surface area (Å²) in [6.07, 6.45) is 5.52. The van der Waals surface area contributed by atoms with E-state index < -0.39 is 0 Å². The predicted octanol–water partition coefficient (Wildman–Crippen LogP) is 2.78. The van der Waals surface area contributed by atoms with Crippen molar-refractivity contribution in [3.05, 3.63) is 41.3 Å². The Morgan fingerprint density at radius 3 is 2.64 bits per heavy atom. The van der Waals surface area contributed by atoms with Crippen molar-refractivity contribution in [2.45, 2.75) is 11.3 Å². The average molecular weight is 204 g/mol. The second-order valence-corrected chi connectivity index (χ2v) is 4.63. The fourth-order valence-corrected chi connectivity index (χ4v) is 2.30. The third-order valence-corrected chi connectivity index (χ3v) is 3.33. The highest BCUT2D eigenvalue weighted by molar-refractivity contribution is 8.03. The van der Waals surface area contributed by atoms with Crippen LogP contribution in [0.1, 0.15) is 6.42 Å². The molecule has 1 heterocycles. The van der Waals surface area contributed by atoms with E-state index in [1.807, 2.05) is 11.8 Å². The molecule has 1 aliphatic rings. The zero-order valence-electron chi connectivity index (χ0n) is 8.31. The third-order valence-electron chi connectivity index (χ3n) is 2.22. The molecule has 0 unspecified atom stereocenters. The van der Waals surface area contributed by atoms with Gasteiger partial charge in [0.2, 0.25) is 0 Å². The van der Waals surface area contributed by atoms with Crippen LogP contribution in [0, 0.1) is 0 Å². The van der Waals surface area contributed by atoms with Gasteiger partial charge in [0.1, 0.15) is 13.6 Å². The van der Waals surface area contributed by atoms with Gasteiger partial charge in [-0.05, 0) is 12.1 Å². The summed E-state index contributed by atoms with van der Waals surface area (Å²) in [5.41, 5.74) is 0. The molecule has 0 saturated heterocycles. The molecule has 0 saturated carbocycles. The molecule has 0 amide bonds. The van der Waals surface area contributed by atoms with Gasteiger partial charge in [0.15, 0.2) is 6.21 Å². The summed E-state index contributed by atoms with van der Waals surface area (Å²) in [5, 5.41) is 0. The molecule has 0 spiro atoms. The maximum absolute atomic E-state index is 2.22. The summed E-state index contributed by atoms with van der Waals surface area (Å²) < 4.78 is 2.22. The van der Waals surface area contributed by atoms with Gasteiger partial charge in [0.25, 0.3) is 0 Å². The summed E-state index contributed by atoms with van der Waals surface area (Å²) in [4.78, 5) is 2.78. The Morgan fingerprint density at radius 1 is 1.21 bits per heavy atom. The van der Waals surface area contributed by atoms with Crippen molar-refractivity contribution < 1.29 is 4.58 Å². The second kappa shape index (κ2) is 4.47. The first-order valence-electron chi connectivity index (χ1n) is 4.82. The number of rotatable bonds is 2. The highest BCUT2D eigenvalue weighted by Gasteiger charge is 2.08. The van der Waals surface area contributed by atoms with E-state index in [9.17, 15) is 0 Å². The monoisotopic (exact) mass is 204 g/mol. The Labute approximate surface area is 89.2 Å². The van der Waals surface area contributed by atoms with Crippen LogP contribution in [-0.2, 0) is 0 Å². The molecule has 14 heavy (non-hydrogen) atoms. The third kappa shape index (κ3) is 2.48. The van der Waals surface area contributed by atoms with Gasteiger partial charge in [-0.25, -0.2) is 4.58 Å². The number of thioether (sulfide) groups is 1. The first-order valence-corrected chi connectivity index (χ1v) is 5.63. The fraction of sp³-hybridized carbons (Fsp3) is 0.250. The Kier molecular flexibility index (Phi) is 3.04. The molecule has 0 aliphatic carbocycles. The molecule has 0 N–H and O–H groups in total. The first-order chi connectivity index (χ1) is 6.84.